The van der Waals surface area contributed by atoms with E-state index < -0.39 is 0 Å². The van der Waals surface area contributed by atoms with Crippen LogP contribution in [0.3, 0.4) is 0 Å². The molecule has 0 aromatic carbocycles. The van der Waals surface area contributed by atoms with Crippen LogP contribution in [0.2, 0.25) is 0 Å². The van der Waals surface area contributed by atoms with Crippen molar-refractivity contribution in [2.24, 2.45) is 17.3 Å². The fraction of sp³-hybridized carbons (Fsp3) is 1.00. The topological polar surface area (TPSA) is 0 Å². The van der Waals surface area contributed by atoms with Crippen LogP contribution >= 0.6 is 23.2 Å². The second-order valence-electron chi connectivity index (χ2n) is 7.49. The van der Waals surface area contributed by atoms with Crippen molar-refractivity contribution in [3.05, 3.63) is 0 Å². The minimum Gasteiger partial charge on any atom is -0.120 e. The molecule has 2 aliphatic carbocycles. The lowest BCUT2D eigenvalue weighted by Crippen LogP contribution is -2.52. The van der Waals surface area contributed by atoms with E-state index in [1.807, 2.05) is 0 Å². The van der Waals surface area contributed by atoms with E-state index >= 15 is 0 Å². The third-order valence-corrected chi connectivity index (χ3v) is 6.20. The van der Waals surface area contributed by atoms with Gasteiger partial charge in [0.15, 0.2) is 0 Å². The molecule has 1 unspecified atom stereocenters. The third kappa shape index (κ3) is 2.78. The summed E-state index contributed by atoms with van der Waals surface area (Å²) < 4.78 is 0. The van der Waals surface area contributed by atoms with E-state index in [1.165, 1.54) is 19.3 Å². The molecule has 0 radical (unpaired) electrons. The molecule has 17 heavy (non-hydrogen) atoms. The lowest BCUT2D eigenvalue weighted by Gasteiger charge is -2.57. The summed E-state index contributed by atoms with van der Waals surface area (Å²) in [5.74, 6) is 1.46. The van der Waals surface area contributed by atoms with Crippen molar-refractivity contribution in [2.75, 3.05) is 0 Å². The van der Waals surface area contributed by atoms with Crippen LogP contribution in [0.5, 0.6) is 0 Å². The van der Waals surface area contributed by atoms with E-state index in [2.05, 4.69) is 27.7 Å². The molecule has 0 aliphatic heterocycles. The first-order valence-electron chi connectivity index (χ1n) is 7.02. The molecule has 2 rings (SSSR count). The van der Waals surface area contributed by atoms with Crippen molar-refractivity contribution >= 4 is 23.2 Å². The molecule has 0 aromatic rings. The zero-order valence-electron chi connectivity index (χ0n) is 11.7. The molecule has 0 aromatic heterocycles. The number of halogens is 2. The minimum atomic E-state index is -0.00642. The third-order valence-electron chi connectivity index (χ3n) is 5.35. The molecule has 0 nitrogen and oxygen atoms in total. The Morgan fingerprint density at radius 3 is 2.12 bits per heavy atom. The van der Waals surface area contributed by atoms with Crippen LogP contribution in [-0.4, -0.2) is 9.75 Å². The molecule has 2 aliphatic rings. The zero-order chi connectivity index (χ0) is 12.9. The van der Waals surface area contributed by atoms with Gasteiger partial charge in [0.25, 0.3) is 0 Å². The average Bonchev–Trinajstić information content (AvgIpc) is 2.15. The van der Waals surface area contributed by atoms with Gasteiger partial charge < -0.3 is 0 Å². The van der Waals surface area contributed by atoms with Gasteiger partial charge in [0.05, 0.1) is 0 Å². The first-order chi connectivity index (χ1) is 7.64. The Hall–Kier alpha value is 0.580. The molecule has 0 saturated heterocycles. The van der Waals surface area contributed by atoms with Crippen LogP contribution in [0, 0.1) is 17.3 Å². The number of rotatable bonds is 0. The summed E-state index contributed by atoms with van der Waals surface area (Å²) in [5.41, 5.74) is 0.470. The van der Waals surface area contributed by atoms with Crippen molar-refractivity contribution in [1.82, 2.24) is 0 Å². The summed E-state index contributed by atoms with van der Waals surface area (Å²) in [4.78, 5) is -0.00890. The normalized spacial score (nSPS) is 50.5. The van der Waals surface area contributed by atoms with Gasteiger partial charge in [-0.3, -0.25) is 0 Å². The van der Waals surface area contributed by atoms with Gasteiger partial charge in [0, 0.05) is 9.75 Å². The largest absolute Gasteiger partial charge is 0.120 e. The maximum absolute atomic E-state index is 6.80. The molecule has 2 saturated carbocycles. The van der Waals surface area contributed by atoms with E-state index in [-0.39, 0.29) is 9.75 Å². The second-order valence-corrected chi connectivity index (χ2v) is 9.27. The molecule has 0 bridgehead atoms. The summed E-state index contributed by atoms with van der Waals surface area (Å²) in [6, 6.07) is 0. The number of hydrogen-bond donors (Lipinski definition) is 0. The number of alkyl halides is 2. The fourth-order valence-electron chi connectivity index (χ4n) is 4.04. The average molecular weight is 277 g/mol. The maximum Gasteiger partial charge on any atom is 0.0449 e. The van der Waals surface area contributed by atoms with Crippen molar-refractivity contribution < 1.29 is 0 Å². The van der Waals surface area contributed by atoms with Crippen molar-refractivity contribution in [1.29, 1.82) is 0 Å². The smallest absolute Gasteiger partial charge is 0.0449 e. The summed E-state index contributed by atoms with van der Waals surface area (Å²) >= 11 is 13.4. The molecule has 0 N–H and O–H groups in total. The van der Waals surface area contributed by atoms with Crippen molar-refractivity contribution in [3.8, 4) is 0 Å². The molecular weight excluding hydrogens is 251 g/mol. The lowest BCUT2D eigenvalue weighted by molar-refractivity contribution is -0.0408. The SMILES string of the molecule is CC1(Cl)CCC[C@](C)(Cl)[C@H]2CC(C)(C)[C@@H]2CC1. The van der Waals surface area contributed by atoms with Gasteiger partial charge in [-0.05, 0) is 69.6 Å². The van der Waals surface area contributed by atoms with Crippen LogP contribution in [-0.2, 0) is 0 Å². The highest BCUT2D eigenvalue weighted by Gasteiger charge is 2.54. The van der Waals surface area contributed by atoms with E-state index in [1.54, 1.807) is 0 Å². The first kappa shape index (κ1) is 14.0. The zero-order valence-corrected chi connectivity index (χ0v) is 13.2. The molecule has 2 heteroatoms. The predicted molar refractivity (Wildman–Crippen MR) is 77.0 cm³/mol. The van der Waals surface area contributed by atoms with Gasteiger partial charge in [0.1, 0.15) is 0 Å². The first-order valence-corrected chi connectivity index (χ1v) is 7.78. The van der Waals surface area contributed by atoms with Crippen LogP contribution in [0.1, 0.15) is 66.2 Å². The Morgan fingerprint density at radius 1 is 0.882 bits per heavy atom. The molecule has 100 valence electrons. The van der Waals surface area contributed by atoms with Crippen molar-refractivity contribution in [2.45, 2.75) is 76.0 Å². The van der Waals surface area contributed by atoms with Crippen LogP contribution in [0.25, 0.3) is 0 Å². The highest BCUT2D eigenvalue weighted by atomic mass is 35.5. The Bertz CT molecular complexity index is 291. The predicted octanol–water partition coefficient (Wildman–Crippen LogP) is 5.61. The standard InChI is InChI=1S/C15H26Cl2/c1-13(2)10-12-11(13)6-9-14(3,16)7-5-8-15(12,4)17/h11-12H,5-10H2,1-4H3/t11-,12+,14?,15+/m1/s1. The summed E-state index contributed by atoms with van der Waals surface area (Å²) in [6.45, 7) is 9.24. The Balaban J connectivity index is 2.16. The van der Waals surface area contributed by atoms with Crippen molar-refractivity contribution in [3.63, 3.8) is 0 Å². The summed E-state index contributed by atoms with van der Waals surface area (Å²) in [7, 11) is 0. The van der Waals surface area contributed by atoms with E-state index in [9.17, 15) is 0 Å². The van der Waals surface area contributed by atoms with Crippen LogP contribution < -0.4 is 0 Å². The van der Waals surface area contributed by atoms with E-state index in [0.717, 1.165) is 25.2 Å². The lowest BCUT2D eigenvalue weighted by atomic mass is 9.50. The van der Waals surface area contributed by atoms with Crippen LogP contribution in [0.15, 0.2) is 0 Å². The van der Waals surface area contributed by atoms with Gasteiger partial charge in [-0.25, -0.2) is 0 Å². The molecule has 0 heterocycles. The molecule has 0 spiro atoms. The highest BCUT2D eigenvalue weighted by molar-refractivity contribution is 6.24. The highest BCUT2D eigenvalue weighted by Crippen LogP contribution is 2.60. The van der Waals surface area contributed by atoms with E-state index in [0.29, 0.717) is 11.3 Å². The minimum absolute atomic E-state index is 0.00248. The monoisotopic (exact) mass is 276 g/mol. The Kier molecular flexibility index (Phi) is 3.54. The molecule has 2 fully saturated rings. The molecule has 4 atom stereocenters. The summed E-state index contributed by atoms with van der Waals surface area (Å²) in [5, 5.41) is 0. The van der Waals surface area contributed by atoms with Gasteiger partial charge in [-0.2, -0.15) is 0 Å². The molecule has 0 amide bonds. The second kappa shape index (κ2) is 4.30. The van der Waals surface area contributed by atoms with Gasteiger partial charge in [0.2, 0.25) is 0 Å². The van der Waals surface area contributed by atoms with Gasteiger partial charge in [-0.1, -0.05) is 13.8 Å². The van der Waals surface area contributed by atoms with Gasteiger partial charge >= 0.3 is 0 Å². The Labute approximate surface area is 116 Å². The van der Waals surface area contributed by atoms with E-state index in [4.69, 9.17) is 23.2 Å². The summed E-state index contributed by atoms with van der Waals surface area (Å²) in [6.07, 6.45) is 7.08. The Morgan fingerprint density at radius 2 is 1.53 bits per heavy atom. The number of hydrogen-bond acceptors (Lipinski definition) is 0. The maximum atomic E-state index is 6.80. The fourth-order valence-corrected chi connectivity index (χ4v) is 4.64. The molecular formula is C15H26Cl2. The number of fused-ring (bicyclic) bond motifs is 1. The van der Waals surface area contributed by atoms with Crippen LogP contribution in [0.4, 0.5) is 0 Å². The quantitative estimate of drug-likeness (QED) is 0.505. The van der Waals surface area contributed by atoms with Gasteiger partial charge in [-0.15, -0.1) is 23.2 Å².